The molecule has 0 aromatic heterocycles. The molecule has 29 heavy (non-hydrogen) atoms. The molecule has 1 saturated heterocycles. The number of nitrogens with zero attached hydrogens (tertiary/aromatic N) is 3. The molecule has 2 heterocycles. The molecule has 0 radical (unpaired) electrons. The number of thiocarbonyl (C=S) groups is 1. The van der Waals surface area contributed by atoms with Crippen molar-refractivity contribution in [2.75, 3.05) is 13.2 Å². The molecule has 0 aliphatic carbocycles. The van der Waals surface area contributed by atoms with E-state index in [0.717, 1.165) is 22.2 Å². The van der Waals surface area contributed by atoms with Gasteiger partial charge in [-0.3, -0.25) is 19.5 Å². The second-order valence-electron chi connectivity index (χ2n) is 6.05. The molecule has 0 saturated carbocycles. The molecule has 1 aromatic carbocycles. The number of hydrazone groups is 1. The minimum absolute atomic E-state index is 0.163. The van der Waals surface area contributed by atoms with E-state index in [1.54, 1.807) is 31.2 Å². The number of hydrogen-bond donors (Lipinski definition) is 1. The van der Waals surface area contributed by atoms with Crippen molar-refractivity contribution >= 4 is 63.5 Å². The molecule has 1 fully saturated rings. The summed E-state index contributed by atoms with van der Waals surface area (Å²) in [4.78, 5) is 37.3. The van der Waals surface area contributed by atoms with Crippen LogP contribution in [0, 0.1) is 0 Å². The highest BCUT2D eigenvalue weighted by Gasteiger charge is 2.37. The Morgan fingerprint density at radius 1 is 1.41 bits per heavy atom. The van der Waals surface area contributed by atoms with Crippen LogP contribution in [-0.4, -0.2) is 62.1 Å². The maximum absolute atomic E-state index is 12.6. The maximum atomic E-state index is 12.6. The molecule has 1 aromatic rings. The van der Waals surface area contributed by atoms with Crippen molar-refractivity contribution in [2.45, 2.75) is 19.4 Å². The molecule has 1 N–H and O–H groups in total. The summed E-state index contributed by atoms with van der Waals surface area (Å²) >= 11 is 12.0. The van der Waals surface area contributed by atoms with Crippen LogP contribution in [0.15, 0.2) is 40.5 Å². The minimum Gasteiger partial charge on any atom is -0.480 e. The number of aliphatic carboxylic acids is 1. The van der Waals surface area contributed by atoms with E-state index in [4.69, 9.17) is 28.6 Å². The van der Waals surface area contributed by atoms with E-state index in [1.165, 1.54) is 11.2 Å². The molecule has 1 atom stereocenters. The summed E-state index contributed by atoms with van der Waals surface area (Å²) in [7, 11) is 0. The van der Waals surface area contributed by atoms with Gasteiger partial charge in [-0.15, -0.1) is 0 Å². The number of thioether (sulfide) groups is 1. The summed E-state index contributed by atoms with van der Waals surface area (Å²) in [6, 6.07) is 5.93. The first kappa shape index (κ1) is 21.3. The number of carboxylic acid groups (broad SMARTS) is 1. The second-order valence-corrected chi connectivity index (χ2v) is 8.16. The number of amides is 1. The molecular weight excluding hydrogens is 438 g/mol. The van der Waals surface area contributed by atoms with Gasteiger partial charge >= 0.3 is 11.9 Å². The molecule has 1 amide bonds. The molecule has 3 rings (SSSR count). The van der Waals surface area contributed by atoms with Gasteiger partial charge in [0.2, 0.25) is 0 Å². The molecule has 0 unspecified atom stereocenters. The number of esters is 1. The average molecular weight is 454 g/mol. The Hall–Kier alpha value is -2.43. The highest BCUT2D eigenvalue weighted by molar-refractivity contribution is 8.26. The van der Waals surface area contributed by atoms with Gasteiger partial charge in [-0.05, 0) is 24.6 Å². The van der Waals surface area contributed by atoms with Gasteiger partial charge in [0.25, 0.3) is 5.91 Å². The van der Waals surface area contributed by atoms with Crippen LogP contribution in [0.25, 0.3) is 0 Å². The first-order valence-corrected chi connectivity index (χ1v) is 10.2. The van der Waals surface area contributed by atoms with Crippen LogP contribution in [0.3, 0.4) is 0 Å². The molecule has 2 aliphatic rings. The number of benzene rings is 1. The number of carbonyl (C=O) groups is 3. The zero-order valence-corrected chi connectivity index (χ0v) is 17.6. The molecule has 8 nitrogen and oxygen atoms in total. The third-order valence-corrected chi connectivity index (χ3v) is 5.74. The zero-order valence-electron chi connectivity index (χ0n) is 15.2. The normalized spacial score (nSPS) is 20.4. The molecule has 2 aliphatic heterocycles. The van der Waals surface area contributed by atoms with E-state index < -0.39 is 23.9 Å². The monoisotopic (exact) mass is 453 g/mol. The van der Waals surface area contributed by atoms with Gasteiger partial charge in [-0.25, -0.2) is 4.79 Å². The Bertz CT molecular complexity index is 932. The van der Waals surface area contributed by atoms with Gasteiger partial charge in [-0.1, -0.05) is 47.7 Å². The quantitative estimate of drug-likeness (QED) is 0.398. The smallest absolute Gasteiger partial charge is 0.328 e. The van der Waals surface area contributed by atoms with Crippen LogP contribution >= 0.6 is 35.6 Å². The number of carboxylic acids is 1. The maximum Gasteiger partial charge on any atom is 0.328 e. The van der Waals surface area contributed by atoms with Crippen LogP contribution in [0.2, 0.25) is 5.02 Å². The number of halogens is 1. The number of carbonyl (C=O) groups excluding carboxylic acids is 2. The van der Waals surface area contributed by atoms with E-state index in [-0.39, 0.29) is 28.8 Å². The predicted molar refractivity (Wildman–Crippen MR) is 112 cm³/mol. The summed E-state index contributed by atoms with van der Waals surface area (Å²) in [6.45, 7) is 1.56. The Morgan fingerprint density at radius 2 is 2.10 bits per heavy atom. The number of rotatable bonds is 6. The Kier molecular flexibility index (Phi) is 6.56. The predicted octanol–water partition coefficient (Wildman–Crippen LogP) is 2.47. The van der Waals surface area contributed by atoms with Crippen LogP contribution in [0.4, 0.5) is 0 Å². The highest BCUT2D eigenvalue weighted by atomic mass is 35.5. The van der Waals surface area contributed by atoms with Crippen molar-refractivity contribution in [3.05, 3.63) is 46.0 Å². The minimum atomic E-state index is -1.07. The van der Waals surface area contributed by atoms with E-state index in [2.05, 4.69) is 5.10 Å². The Morgan fingerprint density at radius 3 is 2.72 bits per heavy atom. The van der Waals surface area contributed by atoms with Gasteiger partial charge in [0.15, 0.2) is 6.04 Å². The van der Waals surface area contributed by atoms with Crippen molar-refractivity contribution in [1.82, 2.24) is 9.91 Å². The third kappa shape index (κ3) is 4.77. The Balaban J connectivity index is 1.83. The van der Waals surface area contributed by atoms with E-state index >= 15 is 0 Å². The molecule has 0 spiro atoms. The first-order valence-electron chi connectivity index (χ1n) is 8.55. The van der Waals surface area contributed by atoms with E-state index in [1.807, 2.05) is 0 Å². The summed E-state index contributed by atoms with van der Waals surface area (Å²) in [5.41, 5.74) is 1.30. The summed E-state index contributed by atoms with van der Waals surface area (Å²) in [6.07, 6.45) is 1.52. The van der Waals surface area contributed by atoms with Crippen molar-refractivity contribution in [3.63, 3.8) is 0 Å². The lowest BCUT2D eigenvalue weighted by molar-refractivity contribution is -0.145. The second kappa shape index (κ2) is 8.93. The number of ether oxygens (including phenoxy) is 1. The van der Waals surface area contributed by atoms with E-state index in [9.17, 15) is 19.5 Å². The summed E-state index contributed by atoms with van der Waals surface area (Å²) in [5, 5.41) is 15.7. The lowest BCUT2D eigenvalue weighted by Crippen LogP contribution is -2.35. The SMILES string of the molecule is CCOC(=O)CN1C(=O)/C(=C/N2N=C(c3ccc(Cl)cc3)C[C@@H]2C(=O)O)SC1=S. The zero-order chi connectivity index (χ0) is 21.1. The van der Waals surface area contributed by atoms with Crippen LogP contribution in [0.1, 0.15) is 18.9 Å². The average Bonchev–Trinajstić information content (AvgIpc) is 3.20. The molecule has 0 bridgehead atoms. The largest absolute Gasteiger partial charge is 0.480 e. The summed E-state index contributed by atoms with van der Waals surface area (Å²) < 4.78 is 5.05. The standard InChI is InChI=1S/C18H16ClN3O5S2/c1-2-27-15(23)9-21-16(24)14(29-18(21)28)8-22-13(17(25)26)7-12(20-22)10-3-5-11(19)6-4-10/h3-6,8,13H,2,7,9H2,1H3,(H,25,26)/b14-8-/t13-/m1/s1. The fourth-order valence-electron chi connectivity index (χ4n) is 2.75. The van der Waals surface area contributed by atoms with Gasteiger partial charge in [-0.2, -0.15) is 5.10 Å². The van der Waals surface area contributed by atoms with Crippen molar-refractivity contribution < 1.29 is 24.2 Å². The van der Waals surface area contributed by atoms with Crippen molar-refractivity contribution in [2.24, 2.45) is 5.10 Å². The molecular formula is C18H16ClN3O5S2. The fourth-order valence-corrected chi connectivity index (χ4v) is 4.09. The first-order chi connectivity index (χ1) is 13.8. The van der Waals surface area contributed by atoms with Gasteiger partial charge in [0.1, 0.15) is 10.9 Å². The topological polar surface area (TPSA) is 99.5 Å². The lowest BCUT2D eigenvalue weighted by Gasteiger charge is -2.16. The Labute approximate surface area is 181 Å². The highest BCUT2D eigenvalue weighted by Crippen LogP contribution is 2.33. The van der Waals surface area contributed by atoms with Crippen LogP contribution in [0.5, 0.6) is 0 Å². The van der Waals surface area contributed by atoms with Gasteiger partial charge < -0.3 is 9.84 Å². The summed E-state index contributed by atoms with van der Waals surface area (Å²) in [5.74, 6) is -2.14. The van der Waals surface area contributed by atoms with Crippen LogP contribution < -0.4 is 0 Å². The number of hydrogen-bond acceptors (Lipinski definition) is 8. The molecule has 11 heteroatoms. The van der Waals surface area contributed by atoms with Gasteiger partial charge in [0, 0.05) is 17.6 Å². The van der Waals surface area contributed by atoms with Crippen molar-refractivity contribution in [1.29, 1.82) is 0 Å². The van der Waals surface area contributed by atoms with Crippen LogP contribution in [-0.2, 0) is 19.1 Å². The fraction of sp³-hybridized carbons (Fsp3) is 0.278. The lowest BCUT2D eigenvalue weighted by atomic mass is 10.0. The van der Waals surface area contributed by atoms with Crippen molar-refractivity contribution in [3.8, 4) is 0 Å². The van der Waals surface area contributed by atoms with E-state index in [0.29, 0.717) is 10.7 Å². The van der Waals surface area contributed by atoms with Gasteiger partial charge in [0.05, 0.1) is 17.2 Å². The third-order valence-electron chi connectivity index (χ3n) is 4.12. The molecule has 152 valence electrons.